The summed E-state index contributed by atoms with van der Waals surface area (Å²) in [5.41, 5.74) is 0.0779. The highest BCUT2D eigenvalue weighted by Crippen LogP contribution is 2.37. The molecule has 0 fully saturated rings. The molecule has 0 bridgehead atoms. The second-order valence-electron chi connectivity index (χ2n) is 5.47. The molecule has 0 aliphatic rings. The van der Waals surface area contributed by atoms with Gasteiger partial charge in [0.2, 0.25) is 5.82 Å². The molecule has 3 aromatic rings. The van der Waals surface area contributed by atoms with Crippen molar-refractivity contribution in [2.24, 2.45) is 0 Å². The zero-order valence-corrected chi connectivity index (χ0v) is 13.0. The molecule has 1 aromatic heterocycles. The van der Waals surface area contributed by atoms with Gasteiger partial charge in [-0.3, -0.25) is 0 Å². The maximum Gasteiger partial charge on any atom is 0.208 e. The van der Waals surface area contributed by atoms with E-state index in [1.165, 1.54) is 12.1 Å². The summed E-state index contributed by atoms with van der Waals surface area (Å²) in [5.74, 6) is -1.19. The third kappa shape index (κ3) is 2.55. The van der Waals surface area contributed by atoms with E-state index in [1.807, 2.05) is 6.92 Å². The third-order valence-electron chi connectivity index (χ3n) is 3.89. The molecule has 1 N–H and O–H groups in total. The second kappa shape index (κ2) is 6.16. The lowest BCUT2D eigenvalue weighted by Gasteiger charge is -2.08. The third-order valence-corrected chi connectivity index (χ3v) is 3.89. The van der Waals surface area contributed by atoms with Gasteiger partial charge in [-0.1, -0.05) is 19.9 Å². The van der Waals surface area contributed by atoms with Crippen LogP contribution in [0.5, 0.6) is 5.75 Å². The smallest absolute Gasteiger partial charge is 0.208 e. The summed E-state index contributed by atoms with van der Waals surface area (Å²) in [6.07, 6.45) is 0.220. The van der Waals surface area contributed by atoms with Crippen molar-refractivity contribution < 1.29 is 23.0 Å². The average Bonchev–Trinajstić information content (AvgIpc) is 2.94. The van der Waals surface area contributed by atoms with Crippen LogP contribution >= 0.6 is 0 Å². The van der Waals surface area contributed by atoms with Crippen LogP contribution in [-0.2, 0) is 0 Å². The topological polar surface area (TPSA) is 42.6 Å². The van der Waals surface area contributed by atoms with Crippen molar-refractivity contribution >= 4 is 21.9 Å². The van der Waals surface area contributed by atoms with E-state index in [0.717, 1.165) is 6.42 Å². The maximum absolute atomic E-state index is 14.6. The van der Waals surface area contributed by atoms with E-state index >= 15 is 0 Å². The van der Waals surface area contributed by atoms with Gasteiger partial charge in [0.05, 0.1) is 12.7 Å². The van der Waals surface area contributed by atoms with E-state index in [-0.39, 0.29) is 22.5 Å². The molecule has 23 heavy (non-hydrogen) atoms. The van der Waals surface area contributed by atoms with Gasteiger partial charge in [-0.25, -0.2) is 4.39 Å². The fraction of sp³-hybridized carbons (Fsp3) is 0.333. The summed E-state index contributed by atoms with van der Waals surface area (Å²) < 4.78 is 39.8. The van der Waals surface area contributed by atoms with Gasteiger partial charge in [0.15, 0.2) is 22.7 Å². The molecule has 0 aliphatic carbocycles. The molecule has 3 nitrogen and oxygen atoms in total. The average molecular weight is 320 g/mol. The highest BCUT2D eigenvalue weighted by Gasteiger charge is 2.21. The number of hydrogen-bond donors (Lipinski definition) is 1. The van der Waals surface area contributed by atoms with Crippen LogP contribution in [-0.4, -0.2) is 11.7 Å². The highest BCUT2D eigenvalue weighted by molar-refractivity contribution is 6.05. The molecule has 2 aromatic carbocycles. The molecule has 3 rings (SSSR count). The van der Waals surface area contributed by atoms with Crippen molar-refractivity contribution in [3.05, 3.63) is 41.5 Å². The Morgan fingerprint density at radius 3 is 2.35 bits per heavy atom. The van der Waals surface area contributed by atoms with Crippen LogP contribution in [0, 0.1) is 11.6 Å². The predicted octanol–water partition coefficient (Wildman–Crippen LogP) is 5.10. The summed E-state index contributed by atoms with van der Waals surface area (Å²) in [4.78, 5) is 0. The van der Waals surface area contributed by atoms with Gasteiger partial charge in [0.1, 0.15) is 0 Å². The standard InChI is InChI=1S/C18H18F2O3/c1-3-9-22-14-8-7-11-10-5-6-12(13(21)4-2)15(19)17(10)23-18(11)16(14)20/h5-8,13,21H,3-4,9H2,1-2H3/t13-/m0/s1. The number of aliphatic hydroxyl groups excluding tert-OH is 1. The molecule has 0 unspecified atom stereocenters. The van der Waals surface area contributed by atoms with Gasteiger partial charge in [-0.15, -0.1) is 0 Å². The predicted molar refractivity (Wildman–Crippen MR) is 84.7 cm³/mol. The number of hydrogen-bond acceptors (Lipinski definition) is 3. The maximum atomic E-state index is 14.6. The minimum atomic E-state index is -0.916. The lowest BCUT2D eigenvalue weighted by atomic mass is 10.0. The number of ether oxygens (including phenoxy) is 1. The zero-order chi connectivity index (χ0) is 16.6. The van der Waals surface area contributed by atoms with Crippen molar-refractivity contribution in [2.75, 3.05) is 6.61 Å². The van der Waals surface area contributed by atoms with E-state index in [2.05, 4.69) is 0 Å². The fourth-order valence-corrected chi connectivity index (χ4v) is 2.64. The van der Waals surface area contributed by atoms with Crippen LogP contribution in [0.4, 0.5) is 8.78 Å². The molecular weight excluding hydrogens is 302 g/mol. The molecule has 0 saturated heterocycles. The molecule has 5 heteroatoms. The van der Waals surface area contributed by atoms with E-state index in [9.17, 15) is 13.9 Å². The van der Waals surface area contributed by atoms with Gasteiger partial charge in [-0.05, 0) is 31.0 Å². The Hall–Kier alpha value is -2.14. The Labute approximate surface area is 132 Å². The van der Waals surface area contributed by atoms with Crippen LogP contribution in [0.25, 0.3) is 21.9 Å². The lowest BCUT2D eigenvalue weighted by Crippen LogP contribution is -1.98. The van der Waals surface area contributed by atoms with E-state index in [4.69, 9.17) is 9.15 Å². The largest absolute Gasteiger partial charge is 0.490 e. The molecule has 0 aliphatic heterocycles. The SMILES string of the molecule is CCCOc1ccc2c(oc3c(F)c([C@@H](O)CC)ccc32)c1F. The van der Waals surface area contributed by atoms with Crippen LogP contribution in [0.2, 0.25) is 0 Å². The summed E-state index contributed by atoms with van der Waals surface area (Å²) in [5, 5.41) is 10.8. The first-order chi connectivity index (χ1) is 11.1. The molecule has 0 amide bonds. The Balaban J connectivity index is 2.21. The summed E-state index contributed by atoms with van der Waals surface area (Å²) in [6, 6.07) is 6.34. The molecule has 0 spiro atoms. The van der Waals surface area contributed by atoms with Crippen LogP contribution in [0.3, 0.4) is 0 Å². The Morgan fingerprint density at radius 1 is 1.04 bits per heavy atom. The molecule has 122 valence electrons. The number of halogens is 2. The van der Waals surface area contributed by atoms with Gasteiger partial charge in [0, 0.05) is 16.3 Å². The van der Waals surface area contributed by atoms with Crippen molar-refractivity contribution in [1.82, 2.24) is 0 Å². The van der Waals surface area contributed by atoms with Crippen molar-refractivity contribution in [3.8, 4) is 5.75 Å². The molecule has 0 saturated carbocycles. The van der Waals surface area contributed by atoms with E-state index < -0.39 is 17.7 Å². The summed E-state index contributed by atoms with van der Waals surface area (Å²) in [7, 11) is 0. The molecule has 1 heterocycles. The van der Waals surface area contributed by atoms with Gasteiger partial charge < -0.3 is 14.3 Å². The summed E-state index contributed by atoms with van der Waals surface area (Å²) >= 11 is 0. The number of fused-ring (bicyclic) bond motifs is 3. The normalized spacial score (nSPS) is 12.9. The van der Waals surface area contributed by atoms with Crippen LogP contribution in [0.1, 0.15) is 38.4 Å². The van der Waals surface area contributed by atoms with Gasteiger partial charge >= 0.3 is 0 Å². The first-order valence-corrected chi connectivity index (χ1v) is 7.72. The number of benzene rings is 2. The second-order valence-corrected chi connectivity index (χ2v) is 5.47. The molecule has 1 atom stereocenters. The van der Waals surface area contributed by atoms with Gasteiger partial charge in [0.25, 0.3) is 0 Å². The lowest BCUT2D eigenvalue weighted by molar-refractivity contribution is 0.169. The van der Waals surface area contributed by atoms with Crippen LogP contribution < -0.4 is 4.74 Å². The van der Waals surface area contributed by atoms with E-state index in [0.29, 0.717) is 23.8 Å². The van der Waals surface area contributed by atoms with Gasteiger partial charge in [-0.2, -0.15) is 4.39 Å². The van der Waals surface area contributed by atoms with Crippen molar-refractivity contribution in [3.63, 3.8) is 0 Å². The molecular formula is C18H18F2O3. The number of furan rings is 1. The zero-order valence-electron chi connectivity index (χ0n) is 13.0. The Morgan fingerprint density at radius 2 is 1.70 bits per heavy atom. The minimum Gasteiger partial charge on any atom is -0.490 e. The molecule has 0 radical (unpaired) electrons. The van der Waals surface area contributed by atoms with Crippen LogP contribution in [0.15, 0.2) is 28.7 Å². The number of rotatable bonds is 5. The van der Waals surface area contributed by atoms with E-state index in [1.54, 1.807) is 19.1 Å². The van der Waals surface area contributed by atoms with Crippen molar-refractivity contribution in [2.45, 2.75) is 32.8 Å². The van der Waals surface area contributed by atoms with Crippen molar-refractivity contribution in [1.29, 1.82) is 0 Å². The minimum absolute atomic E-state index is 0.0318. The first kappa shape index (κ1) is 15.7. The fourth-order valence-electron chi connectivity index (χ4n) is 2.64. The highest BCUT2D eigenvalue weighted by atomic mass is 19.1. The summed E-state index contributed by atoms with van der Waals surface area (Å²) in [6.45, 7) is 4.07. The Kier molecular flexibility index (Phi) is 4.22. The Bertz CT molecular complexity index is 854. The first-order valence-electron chi connectivity index (χ1n) is 7.72. The number of aliphatic hydroxyl groups is 1. The monoisotopic (exact) mass is 320 g/mol. The quantitative estimate of drug-likeness (QED) is 0.711.